The molecule has 2 aromatic rings. The summed E-state index contributed by atoms with van der Waals surface area (Å²) in [6, 6.07) is 8.18. The Morgan fingerprint density at radius 3 is 2.45 bits per heavy atom. The number of halogens is 2. The predicted molar refractivity (Wildman–Crippen MR) is 108 cm³/mol. The minimum Gasteiger partial charge on any atom is -0.426 e. The van der Waals surface area contributed by atoms with E-state index in [1.165, 1.54) is 12.5 Å². The van der Waals surface area contributed by atoms with Crippen LogP contribution in [0.5, 0.6) is 11.5 Å². The fourth-order valence-corrected chi connectivity index (χ4v) is 3.85. The van der Waals surface area contributed by atoms with E-state index < -0.39 is 29.1 Å². The Bertz CT molecular complexity index is 1010. The summed E-state index contributed by atoms with van der Waals surface area (Å²) in [5.74, 6) is -2.75. The molecule has 1 saturated carbocycles. The first-order chi connectivity index (χ1) is 14.9. The van der Waals surface area contributed by atoms with Gasteiger partial charge in [0.1, 0.15) is 29.2 Å². The van der Waals surface area contributed by atoms with E-state index in [4.69, 9.17) is 14.7 Å². The lowest BCUT2D eigenvalue weighted by molar-refractivity contribution is -0.140. The Morgan fingerprint density at radius 2 is 1.81 bits per heavy atom. The standard InChI is InChI=1S/C24H23F2NO4/c1-2-3-15-4-6-16(7-5-15)23(28)30-19-9-10-20(21(26)13-19)24(29)31-22-11-8-18(25)12-17(22)14-27/h8-13,15-16H,2-7H2,1H3. The number of carbonyl (C=O) groups excluding carboxylic acids is 2. The van der Waals surface area contributed by atoms with Crippen molar-refractivity contribution in [2.45, 2.75) is 45.4 Å². The van der Waals surface area contributed by atoms with E-state index in [-0.39, 0.29) is 23.0 Å². The van der Waals surface area contributed by atoms with Crippen molar-refractivity contribution in [3.05, 3.63) is 59.2 Å². The molecule has 0 saturated heterocycles. The molecule has 2 aromatic carbocycles. The maximum atomic E-state index is 14.5. The summed E-state index contributed by atoms with van der Waals surface area (Å²) < 4.78 is 38.0. The van der Waals surface area contributed by atoms with E-state index in [9.17, 15) is 18.4 Å². The number of hydrogen-bond acceptors (Lipinski definition) is 5. The second-order valence-corrected chi connectivity index (χ2v) is 7.71. The van der Waals surface area contributed by atoms with Crippen molar-refractivity contribution in [2.75, 3.05) is 0 Å². The number of rotatable bonds is 6. The van der Waals surface area contributed by atoms with Crippen LogP contribution < -0.4 is 9.47 Å². The smallest absolute Gasteiger partial charge is 0.346 e. The molecule has 0 aromatic heterocycles. The Labute approximate surface area is 179 Å². The Hall–Kier alpha value is -3.27. The van der Waals surface area contributed by atoms with E-state index in [1.54, 1.807) is 6.07 Å². The number of esters is 2. The molecule has 0 unspecified atom stereocenters. The summed E-state index contributed by atoms with van der Waals surface area (Å²) in [7, 11) is 0. The highest BCUT2D eigenvalue weighted by atomic mass is 19.1. The molecule has 162 valence electrons. The van der Waals surface area contributed by atoms with Crippen molar-refractivity contribution in [3.63, 3.8) is 0 Å². The van der Waals surface area contributed by atoms with Crippen LogP contribution in [0.3, 0.4) is 0 Å². The van der Waals surface area contributed by atoms with Crippen LogP contribution in [0.15, 0.2) is 36.4 Å². The van der Waals surface area contributed by atoms with Crippen LogP contribution in [0.4, 0.5) is 8.78 Å². The molecular formula is C24H23F2NO4. The summed E-state index contributed by atoms with van der Waals surface area (Å²) in [5, 5.41) is 9.02. The van der Waals surface area contributed by atoms with Gasteiger partial charge in [-0.05, 0) is 61.9 Å². The Morgan fingerprint density at radius 1 is 1.06 bits per heavy atom. The molecule has 7 heteroatoms. The Balaban J connectivity index is 1.63. The zero-order valence-corrected chi connectivity index (χ0v) is 17.2. The molecule has 5 nitrogen and oxygen atoms in total. The van der Waals surface area contributed by atoms with Gasteiger partial charge in [-0.15, -0.1) is 0 Å². The van der Waals surface area contributed by atoms with Gasteiger partial charge in [-0.3, -0.25) is 4.79 Å². The fraction of sp³-hybridized carbons (Fsp3) is 0.375. The molecule has 1 fully saturated rings. The molecule has 0 heterocycles. The molecule has 0 N–H and O–H groups in total. The van der Waals surface area contributed by atoms with Gasteiger partial charge >= 0.3 is 11.9 Å². The monoisotopic (exact) mass is 427 g/mol. The van der Waals surface area contributed by atoms with Crippen LogP contribution in [-0.4, -0.2) is 11.9 Å². The first-order valence-electron chi connectivity index (χ1n) is 10.3. The SMILES string of the molecule is CCCC1CCC(C(=O)Oc2ccc(C(=O)Oc3ccc(F)cc3C#N)c(F)c2)CC1. The second-order valence-electron chi connectivity index (χ2n) is 7.71. The van der Waals surface area contributed by atoms with Gasteiger partial charge in [0.15, 0.2) is 0 Å². The van der Waals surface area contributed by atoms with Crippen molar-refractivity contribution < 1.29 is 27.8 Å². The largest absolute Gasteiger partial charge is 0.426 e. The maximum Gasteiger partial charge on any atom is 0.346 e. The summed E-state index contributed by atoms with van der Waals surface area (Å²) in [6.45, 7) is 2.15. The van der Waals surface area contributed by atoms with E-state index in [0.717, 1.165) is 62.4 Å². The van der Waals surface area contributed by atoms with Crippen molar-refractivity contribution in [3.8, 4) is 17.6 Å². The van der Waals surface area contributed by atoms with Gasteiger partial charge in [-0.1, -0.05) is 19.8 Å². The number of nitrogens with zero attached hydrogens (tertiary/aromatic N) is 1. The average Bonchev–Trinajstić information content (AvgIpc) is 2.75. The third-order valence-electron chi connectivity index (χ3n) is 5.52. The van der Waals surface area contributed by atoms with E-state index >= 15 is 0 Å². The van der Waals surface area contributed by atoms with Crippen LogP contribution >= 0.6 is 0 Å². The van der Waals surface area contributed by atoms with Crippen LogP contribution in [-0.2, 0) is 4.79 Å². The minimum atomic E-state index is -1.05. The normalized spacial score (nSPS) is 18.1. The highest BCUT2D eigenvalue weighted by Crippen LogP contribution is 2.32. The number of ether oxygens (including phenoxy) is 2. The molecule has 0 aliphatic heterocycles. The highest BCUT2D eigenvalue weighted by Gasteiger charge is 2.27. The maximum absolute atomic E-state index is 14.5. The van der Waals surface area contributed by atoms with Crippen LogP contribution in [0.2, 0.25) is 0 Å². The summed E-state index contributed by atoms with van der Waals surface area (Å²) >= 11 is 0. The molecule has 31 heavy (non-hydrogen) atoms. The molecular weight excluding hydrogens is 404 g/mol. The van der Waals surface area contributed by atoms with Crippen molar-refractivity contribution >= 4 is 11.9 Å². The summed E-state index contributed by atoms with van der Waals surface area (Å²) in [6.07, 6.45) is 5.79. The predicted octanol–water partition coefficient (Wildman–Crippen LogP) is 5.57. The number of nitriles is 1. The molecule has 0 radical (unpaired) electrons. The molecule has 1 aliphatic rings. The van der Waals surface area contributed by atoms with Gasteiger partial charge in [0, 0.05) is 6.07 Å². The molecule has 0 amide bonds. The minimum absolute atomic E-state index is 0.00854. The molecule has 0 atom stereocenters. The average molecular weight is 427 g/mol. The van der Waals surface area contributed by atoms with Crippen molar-refractivity contribution in [1.29, 1.82) is 5.26 Å². The van der Waals surface area contributed by atoms with Gasteiger partial charge < -0.3 is 9.47 Å². The van der Waals surface area contributed by atoms with Gasteiger partial charge in [-0.2, -0.15) is 5.26 Å². The number of benzene rings is 2. The summed E-state index contributed by atoms with van der Waals surface area (Å²) in [4.78, 5) is 24.7. The number of carbonyl (C=O) groups is 2. The molecule has 3 rings (SSSR count). The number of hydrogen-bond donors (Lipinski definition) is 0. The lowest BCUT2D eigenvalue weighted by Crippen LogP contribution is -2.25. The van der Waals surface area contributed by atoms with E-state index in [2.05, 4.69) is 6.92 Å². The highest BCUT2D eigenvalue weighted by molar-refractivity contribution is 5.92. The van der Waals surface area contributed by atoms with Gasteiger partial charge in [0.25, 0.3) is 0 Å². The Kier molecular flexibility index (Phi) is 7.35. The van der Waals surface area contributed by atoms with E-state index in [1.807, 2.05) is 0 Å². The van der Waals surface area contributed by atoms with Gasteiger partial charge in [-0.25, -0.2) is 13.6 Å². The van der Waals surface area contributed by atoms with E-state index in [0.29, 0.717) is 5.92 Å². The zero-order chi connectivity index (χ0) is 22.4. The quantitative estimate of drug-likeness (QED) is 0.445. The molecule has 0 spiro atoms. The molecule has 0 bridgehead atoms. The second kappa shape index (κ2) is 10.2. The third-order valence-corrected chi connectivity index (χ3v) is 5.52. The van der Waals surface area contributed by atoms with Gasteiger partial charge in [0.05, 0.1) is 17.0 Å². The molecule has 1 aliphatic carbocycles. The topological polar surface area (TPSA) is 76.4 Å². The van der Waals surface area contributed by atoms with Crippen LogP contribution in [0, 0.1) is 34.8 Å². The van der Waals surface area contributed by atoms with Crippen LogP contribution in [0.1, 0.15) is 61.4 Å². The van der Waals surface area contributed by atoms with Crippen LogP contribution in [0.25, 0.3) is 0 Å². The third kappa shape index (κ3) is 5.66. The fourth-order valence-electron chi connectivity index (χ4n) is 3.85. The van der Waals surface area contributed by atoms with Crippen molar-refractivity contribution in [2.24, 2.45) is 11.8 Å². The first kappa shape index (κ1) is 22.4. The van der Waals surface area contributed by atoms with Crippen molar-refractivity contribution in [1.82, 2.24) is 0 Å². The lowest BCUT2D eigenvalue weighted by atomic mass is 9.80. The summed E-state index contributed by atoms with van der Waals surface area (Å²) in [5.41, 5.74) is -0.582. The van der Waals surface area contributed by atoms with Gasteiger partial charge in [0.2, 0.25) is 0 Å². The zero-order valence-electron chi connectivity index (χ0n) is 17.2. The first-order valence-corrected chi connectivity index (χ1v) is 10.3. The lowest BCUT2D eigenvalue weighted by Gasteiger charge is -2.26.